The zero-order valence-corrected chi connectivity index (χ0v) is 7.90. The van der Waals surface area contributed by atoms with E-state index in [1.165, 1.54) is 0 Å². The van der Waals surface area contributed by atoms with Gasteiger partial charge in [-0.1, -0.05) is 13.8 Å². The Balaban J connectivity index is 3.60. The molecule has 2 nitrogen and oxygen atoms in total. The van der Waals surface area contributed by atoms with Crippen molar-refractivity contribution in [2.45, 2.75) is 37.2 Å². The Labute approximate surface area is 72.6 Å². The molecule has 0 aromatic carbocycles. The van der Waals surface area contributed by atoms with Crippen LogP contribution in [0.4, 0.5) is 0 Å². The van der Waals surface area contributed by atoms with Gasteiger partial charge in [0.25, 0.3) is 0 Å². The highest BCUT2D eigenvalue weighted by Gasteiger charge is 2.10. The van der Waals surface area contributed by atoms with Crippen LogP contribution >= 0.6 is 11.8 Å². The summed E-state index contributed by atoms with van der Waals surface area (Å²) >= 11 is 1.70. The van der Waals surface area contributed by atoms with Gasteiger partial charge in [0.1, 0.15) is 0 Å². The lowest BCUT2D eigenvalue weighted by atomic mass is 10.3. The highest BCUT2D eigenvalue weighted by molar-refractivity contribution is 8.00. The maximum absolute atomic E-state index is 8.74. The maximum atomic E-state index is 8.74. The van der Waals surface area contributed by atoms with E-state index in [1.807, 2.05) is 6.92 Å². The largest absolute Gasteiger partial charge is 0.395 e. The molecular weight excluding hydrogens is 158 g/mol. The fraction of sp³-hybridized carbons (Fsp3) is 0.875. The van der Waals surface area contributed by atoms with E-state index in [1.54, 1.807) is 11.8 Å². The third-order valence-electron chi connectivity index (χ3n) is 1.46. The van der Waals surface area contributed by atoms with Gasteiger partial charge in [-0.05, 0) is 6.42 Å². The first-order valence-electron chi connectivity index (χ1n) is 3.87. The summed E-state index contributed by atoms with van der Waals surface area (Å²) in [6.45, 7) is 4.25. The SMILES string of the molecule is CCC(CC#N)SC(C)CO. The summed E-state index contributed by atoms with van der Waals surface area (Å²) < 4.78 is 0. The van der Waals surface area contributed by atoms with Gasteiger partial charge >= 0.3 is 0 Å². The van der Waals surface area contributed by atoms with E-state index in [0.29, 0.717) is 11.7 Å². The molecule has 1 N–H and O–H groups in total. The number of thioether (sulfide) groups is 1. The normalized spacial score (nSPS) is 15.5. The van der Waals surface area contributed by atoms with Crippen molar-refractivity contribution in [1.29, 1.82) is 5.26 Å². The standard InChI is InChI=1S/C8H15NOS/c1-3-8(4-5-9)11-7(2)6-10/h7-8,10H,3-4,6H2,1-2H3. The molecule has 0 bridgehead atoms. The van der Waals surface area contributed by atoms with Crippen molar-refractivity contribution in [1.82, 2.24) is 0 Å². The van der Waals surface area contributed by atoms with Gasteiger partial charge in [-0.25, -0.2) is 0 Å². The molecule has 2 unspecified atom stereocenters. The van der Waals surface area contributed by atoms with Crippen molar-refractivity contribution in [3.05, 3.63) is 0 Å². The lowest BCUT2D eigenvalue weighted by Gasteiger charge is -2.14. The predicted molar refractivity (Wildman–Crippen MR) is 48.4 cm³/mol. The molecule has 0 aliphatic rings. The molecule has 0 spiro atoms. The Kier molecular flexibility index (Phi) is 6.39. The second-order valence-corrected chi connectivity index (χ2v) is 4.27. The number of nitriles is 1. The molecule has 64 valence electrons. The van der Waals surface area contributed by atoms with Crippen molar-refractivity contribution < 1.29 is 5.11 Å². The van der Waals surface area contributed by atoms with Crippen molar-refractivity contribution in [2.24, 2.45) is 0 Å². The zero-order valence-electron chi connectivity index (χ0n) is 7.08. The summed E-state index contributed by atoms with van der Waals surface area (Å²) in [6, 6.07) is 2.15. The summed E-state index contributed by atoms with van der Waals surface area (Å²) in [5.74, 6) is 0. The van der Waals surface area contributed by atoms with Gasteiger partial charge < -0.3 is 5.11 Å². The van der Waals surface area contributed by atoms with Gasteiger partial charge in [0.05, 0.1) is 12.7 Å². The summed E-state index contributed by atoms with van der Waals surface area (Å²) in [7, 11) is 0. The topological polar surface area (TPSA) is 44.0 Å². The van der Waals surface area contributed by atoms with E-state index in [4.69, 9.17) is 10.4 Å². The first-order valence-corrected chi connectivity index (χ1v) is 4.82. The smallest absolute Gasteiger partial charge is 0.0633 e. The molecule has 0 radical (unpaired) electrons. The average Bonchev–Trinajstić information content (AvgIpc) is 2.03. The molecule has 0 aliphatic carbocycles. The number of nitrogens with zero attached hydrogens (tertiary/aromatic N) is 1. The molecular formula is C8H15NOS. The minimum atomic E-state index is 0.201. The molecule has 0 aliphatic heterocycles. The van der Waals surface area contributed by atoms with Crippen LogP contribution in [0, 0.1) is 11.3 Å². The van der Waals surface area contributed by atoms with Crippen LogP contribution in [-0.2, 0) is 0 Å². The van der Waals surface area contributed by atoms with Crippen LogP contribution < -0.4 is 0 Å². The highest BCUT2D eigenvalue weighted by atomic mass is 32.2. The fourth-order valence-corrected chi connectivity index (χ4v) is 1.87. The molecule has 2 atom stereocenters. The molecule has 0 saturated carbocycles. The van der Waals surface area contributed by atoms with Crippen LogP contribution in [-0.4, -0.2) is 22.2 Å². The van der Waals surface area contributed by atoms with Crippen LogP contribution in [0.15, 0.2) is 0 Å². The summed E-state index contributed by atoms with van der Waals surface area (Å²) in [5, 5.41) is 17.8. The first kappa shape index (κ1) is 10.8. The molecule has 0 amide bonds. The van der Waals surface area contributed by atoms with Gasteiger partial charge in [0.15, 0.2) is 0 Å². The highest BCUT2D eigenvalue weighted by Crippen LogP contribution is 2.22. The number of hydrogen-bond donors (Lipinski definition) is 1. The Bertz CT molecular complexity index is 133. The average molecular weight is 173 g/mol. The van der Waals surface area contributed by atoms with Gasteiger partial charge in [0.2, 0.25) is 0 Å². The van der Waals surface area contributed by atoms with E-state index in [0.717, 1.165) is 6.42 Å². The molecule has 0 saturated heterocycles. The monoisotopic (exact) mass is 173 g/mol. The fourth-order valence-electron chi connectivity index (χ4n) is 0.762. The quantitative estimate of drug-likeness (QED) is 0.689. The Morgan fingerprint density at radius 2 is 2.27 bits per heavy atom. The van der Waals surface area contributed by atoms with Gasteiger partial charge in [-0.2, -0.15) is 17.0 Å². The Morgan fingerprint density at radius 3 is 2.64 bits per heavy atom. The lowest BCUT2D eigenvalue weighted by Crippen LogP contribution is -2.10. The van der Waals surface area contributed by atoms with Gasteiger partial charge in [0, 0.05) is 16.9 Å². The minimum absolute atomic E-state index is 0.201. The molecule has 11 heavy (non-hydrogen) atoms. The van der Waals surface area contributed by atoms with E-state index in [9.17, 15) is 0 Å². The van der Waals surface area contributed by atoms with Crippen LogP contribution in [0.2, 0.25) is 0 Å². The third kappa shape index (κ3) is 5.11. The molecule has 3 heteroatoms. The van der Waals surface area contributed by atoms with E-state index >= 15 is 0 Å². The molecule has 0 aromatic heterocycles. The zero-order chi connectivity index (χ0) is 8.69. The Hall–Kier alpha value is -0.200. The maximum Gasteiger partial charge on any atom is 0.0633 e. The van der Waals surface area contributed by atoms with Crippen molar-refractivity contribution in [3.8, 4) is 6.07 Å². The van der Waals surface area contributed by atoms with Gasteiger partial charge in [-0.3, -0.25) is 0 Å². The second-order valence-electron chi connectivity index (χ2n) is 2.52. The number of aliphatic hydroxyl groups is 1. The molecule has 0 fully saturated rings. The van der Waals surface area contributed by atoms with Crippen LogP contribution in [0.1, 0.15) is 26.7 Å². The molecule has 0 heterocycles. The third-order valence-corrected chi connectivity index (χ3v) is 2.95. The molecule has 0 rings (SSSR count). The van der Waals surface area contributed by atoms with Crippen molar-refractivity contribution in [3.63, 3.8) is 0 Å². The summed E-state index contributed by atoms with van der Waals surface area (Å²) in [6.07, 6.45) is 1.59. The van der Waals surface area contributed by atoms with E-state index in [2.05, 4.69) is 13.0 Å². The van der Waals surface area contributed by atoms with Crippen molar-refractivity contribution in [2.75, 3.05) is 6.61 Å². The number of rotatable bonds is 5. The number of aliphatic hydroxyl groups excluding tert-OH is 1. The van der Waals surface area contributed by atoms with Crippen LogP contribution in [0.3, 0.4) is 0 Å². The minimum Gasteiger partial charge on any atom is -0.395 e. The lowest BCUT2D eigenvalue weighted by molar-refractivity contribution is 0.299. The number of hydrogen-bond acceptors (Lipinski definition) is 3. The second kappa shape index (κ2) is 6.51. The predicted octanol–water partition coefficient (Wildman–Crippen LogP) is 1.79. The Morgan fingerprint density at radius 1 is 1.64 bits per heavy atom. The van der Waals surface area contributed by atoms with Gasteiger partial charge in [-0.15, -0.1) is 0 Å². The summed E-state index contributed by atoms with van der Waals surface area (Å²) in [4.78, 5) is 0. The van der Waals surface area contributed by atoms with E-state index in [-0.39, 0.29) is 11.9 Å². The van der Waals surface area contributed by atoms with E-state index < -0.39 is 0 Å². The first-order chi connectivity index (χ1) is 5.24. The van der Waals surface area contributed by atoms with Crippen LogP contribution in [0.5, 0.6) is 0 Å². The van der Waals surface area contributed by atoms with Crippen molar-refractivity contribution >= 4 is 11.8 Å². The summed E-state index contributed by atoms with van der Waals surface area (Å²) in [5.41, 5.74) is 0. The van der Waals surface area contributed by atoms with Crippen LogP contribution in [0.25, 0.3) is 0 Å². The molecule has 0 aromatic rings.